The highest BCUT2D eigenvalue weighted by Gasteiger charge is 2.13. The standard InChI is InChI=1S/C13H16ClF2NO/c1-17(6-4-2-3-5-14)13(18)10-7-11(15)9-12(16)8-10/h7-9H,2-6H2,1H3. The lowest BCUT2D eigenvalue weighted by Crippen LogP contribution is -2.28. The van der Waals surface area contributed by atoms with Crippen LogP contribution in [0.5, 0.6) is 0 Å². The predicted molar refractivity (Wildman–Crippen MR) is 67.9 cm³/mol. The van der Waals surface area contributed by atoms with Gasteiger partial charge in [-0.05, 0) is 25.0 Å². The van der Waals surface area contributed by atoms with Gasteiger partial charge in [-0.15, -0.1) is 11.6 Å². The van der Waals surface area contributed by atoms with E-state index in [9.17, 15) is 13.6 Å². The first kappa shape index (κ1) is 14.9. The number of amides is 1. The molecule has 0 heterocycles. The highest BCUT2D eigenvalue weighted by molar-refractivity contribution is 6.17. The summed E-state index contributed by atoms with van der Waals surface area (Å²) in [7, 11) is 1.62. The Bertz CT molecular complexity index is 392. The number of halogens is 3. The molecule has 0 aromatic heterocycles. The summed E-state index contributed by atoms with van der Waals surface area (Å²) in [6.07, 6.45) is 2.66. The molecule has 0 fully saturated rings. The summed E-state index contributed by atoms with van der Waals surface area (Å²) in [6, 6.07) is 2.83. The number of carbonyl (C=O) groups excluding carboxylic acids is 1. The Balaban J connectivity index is 2.57. The molecule has 0 atom stereocenters. The summed E-state index contributed by atoms with van der Waals surface area (Å²) < 4.78 is 26.0. The smallest absolute Gasteiger partial charge is 0.253 e. The van der Waals surface area contributed by atoms with Gasteiger partial charge in [-0.3, -0.25) is 4.79 Å². The quantitative estimate of drug-likeness (QED) is 0.575. The number of alkyl halides is 1. The lowest BCUT2D eigenvalue weighted by molar-refractivity contribution is 0.0791. The van der Waals surface area contributed by atoms with E-state index in [0.717, 1.165) is 37.5 Å². The number of nitrogens with zero attached hydrogens (tertiary/aromatic N) is 1. The molecular formula is C13H16ClF2NO. The molecule has 1 aromatic carbocycles. The second kappa shape index (κ2) is 7.31. The molecule has 0 radical (unpaired) electrons. The number of unbranched alkanes of at least 4 members (excludes halogenated alkanes) is 2. The first-order valence-corrected chi connectivity index (χ1v) is 6.35. The fraction of sp³-hybridized carbons (Fsp3) is 0.462. The van der Waals surface area contributed by atoms with Gasteiger partial charge in [-0.25, -0.2) is 8.78 Å². The van der Waals surface area contributed by atoms with Gasteiger partial charge in [0.1, 0.15) is 11.6 Å². The zero-order valence-corrected chi connectivity index (χ0v) is 11.0. The number of hydrogen-bond acceptors (Lipinski definition) is 1. The van der Waals surface area contributed by atoms with Crippen LogP contribution in [0.3, 0.4) is 0 Å². The number of rotatable bonds is 6. The van der Waals surface area contributed by atoms with Gasteiger partial charge in [0.2, 0.25) is 0 Å². The molecule has 0 bridgehead atoms. The minimum absolute atomic E-state index is 0.0346. The SMILES string of the molecule is CN(CCCCCCl)C(=O)c1cc(F)cc(F)c1. The molecular weight excluding hydrogens is 260 g/mol. The second-order valence-corrected chi connectivity index (χ2v) is 4.51. The van der Waals surface area contributed by atoms with Crippen molar-refractivity contribution in [2.75, 3.05) is 19.5 Å². The van der Waals surface area contributed by atoms with Crippen LogP contribution in [0.1, 0.15) is 29.6 Å². The fourth-order valence-electron chi connectivity index (χ4n) is 1.62. The van der Waals surface area contributed by atoms with Gasteiger partial charge in [0.25, 0.3) is 5.91 Å². The van der Waals surface area contributed by atoms with E-state index in [4.69, 9.17) is 11.6 Å². The summed E-state index contributed by atoms with van der Waals surface area (Å²) in [5.74, 6) is -1.26. The second-order valence-electron chi connectivity index (χ2n) is 4.13. The van der Waals surface area contributed by atoms with Crippen LogP contribution in [0.2, 0.25) is 0 Å². The predicted octanol–water partition coefficient (Wildman–Crippen LogP) is 3.45. The van der Waals surface area contributed by atoms with E-state index in [1.807, 2.05) is 0 Å². The minimum Gasteiger partial charge on any atom is -0.342 e. The molecule has 1 rings (SSSR count). The molecule has 0 aliphatic rings. The topological polar surface area (TPSA) is 20.3 Å². The van der Waals surface area contributed by atoms with E-state index in [1.54, 1.807) is 7.05 Å². The first-order valence-electron chi connectivity index (χ1n) is 5.82. The zero-order chi connectivity index (χ0) is 13.5. The van der Waals surface area contributed by atoms with Gasteiger partial charge in [-0.1, -0.05) is 6.42 Å². The zero-order valence-electron chi connectivity index (χ0n) is 10.3. The Hall–Kier alpha value is -1.16. The average Bonchev–Trinajstić information content (AvgIpc) is 2.32. The van der Waals surface area contributed by atoms with Crippen LogP contribution in [0.25, 0.3) is 0 Å². The van der Waals surface area contributed by atoms with Crippen LogP contribution in [-0.4, -0.2) is 30.3 Å². The van der Waals surface area contributed by atoms with Crippen LogP contribution in [0.4, 0.5) is 8.78 Å². The molecule has 0 unspecified atom stereocenters. The maximum absolute atomic E-state index is 13.0. The van der Waals surface area contributed by atoms with Gasteiger partial charge >= 0.3 is 0 Å². The normalized spacial score (nSPS) is 10.4. The molecule has 100 valence electrons. The largest absolute Gasteiger partial charge is 0.342 e. The summed E-state index contributed by atoms with van der Waals surface area (Å²) >= 11 is 5.55. The maximum atomic E-state index is 13.0. The summed E-state index contributed by atoms with van der Waals surface area (Å²) in [5, 5.41) is 0. The van der Waals surface area contributed by atoms with Crippen molar-refractivity contribution in [1.82, 2.24) is 4.90 Å². The van der Waals surface area contributed by atoms with Gasteiger partial charge in [0.05, 0.1) is 0 Å². The highest BCUT2D eigenvalue weighted by Crippen LogP contribution is 2.10. The van der Waals surface area contributed by atoms with Crippen LogP contribution in [0, 0.1) is 11.6 Å². The van der Waals surface area contributed by atoms with Crippen molar-refractivity contribution in [2.45, 2.75) is 19.3 Å². The van der Waals surface area contributed by atoms with Crippen LogP contribution >= 0.6 is 11.6 Å². The molecule has 2 nitrogen and oxygen atoms in total. The van der Waals surface area contributed by atoms with Crippen molar-refractivity contribution >= 4 is 17.5 Å². The van der Waals surface area contributed by atoms with E-state index in [2.05, 4.69) is 0 Å². The molecule has 0 saturated heterocycles. The van der Waals surface area contributed by atoms with E-state index in [1.165, 1.54) is 4.90 Å². The monoisotopic (exact) mass is 275 g/mol. The summed E-state index contributed by atoms with van der Waals surface area (Å²) in [6.45, 7) is 0.549. The fourth-order valence-corrected chi connectivity index (χ4v) is 1.81. The maximum Gasteiger partial charge on any atom is 0.253 e. The molecule has 1 amide bonds. The number of benzene rings is 1. The molecule has 1 aromatic rings. The molecule has 18 heavy (non-hydrogen) atoms. The van der Waals surface area contributed by atoms with Crippen molar-refractivity contribution in [2.24, 2.45) is 0 Å². The molecule has 0 aliphatic heterocycles. The minimum atomic E-state index is -0.742. The van der Waals surface area contributed by atoms with E-state index < -0.39 is 11.6 Å². The molecule has 0 saturated carbocycles. The van der Waals surface area contributed by atoms with Gasteiger partial charge in [-0.2, -0.15) is 0 Å². The van der Waals surface area contributed by atoms with Crippen LogP contribution in [0.15, 0.2) is 18.2 Å². The molecule has 0 N–H and O–H groups in total. The van der Waals surface area contributed by atoms with E-state index in [-0.39, 0.29) is 11.5 Å². The third-order valence-electron chi connectivity index (χ3n) is 2.58. The Kier molecular flexibility index (Phi) is 6.05. The number of hydrogen-bond donors (Lipinski definition) is 0. The lowest BCUT2D eigenvalue weighted by atomic mass is 10.1. The van der Waals surface area contributed by atoms with E-state index >= 15 is 0 Å². The third kappa shape index (κ3) is 4.61. The van der Waals surface area contributed by atoms with Crippen molar-refractivity contribution in [1.29, 1.82) is 0 Å². The number of carbonyl (C=O) groups is 1. The van der Waals surface area contributed by atoms with Crippen molar-refractivity contribution in [3.8, 4) is 0 Å². The first-order chi connectivity index (χ1) is 8.54. The van der Waals surface area contributed by atoms with Crippen molar-refractivity contribution in [3.63, 3.8) is 0 Å². The third-order valence-corrected chi connectivity index (χ3v) is 2.85. The molecule has 0 spiro atoms. The van der Waals surface area contributed by atoms with Crippen molar-refractivity contribution < 1.29 is 13.6 Å². The molecule has 5 heteroatoms. The Labute approximate surface area is 111 Å². The van der Waals surface area contributed by atoms with Crippen LogP contribution < -0.4 is 0 Å². The van der Waals surface area contributed by atoms with Gasteiger partial charge in [0.15, 0.2) is 0 Å². The van der Waals surface area contributed by atoms with E-state index in [0.29, 0.717) is 12.4 Å². The molecule has 0 aliphatic carbocycles. The highest BCUT2D eigenvalue weighted by atomic mass is 35.5. The van der Waals surface area contributed by atoms with Crippen LogP contribution in [-0.2, 0) is 0 Å². The Morgan fingerprint density at radius 3 is 2.33 bits per heavy atom. The summed E-state index contributed by atoms with van der Waals surface area (Å²) in [5.41, 5.74) is 0.0346. The summed E-state index contributed by atoms with van der Waals surface area (Å²) in [4.78, 5) is 13.3. The Morgan fingerprint density at radius 2 is 1.78 bits per heavy atom. The van der Waals surface area contributed by atoms with Gasteiger partial charge < -0.3 is 4.90 Å². The van der Waals surface area contributed by atoms with Gasteiger partial charge in [0, 0.05) is 31.1 Å². The average molecular weight is 276 g/mol. The van der Waals surface area contributed by atoms with Crippen molar-refractivity contribution in [3.05, 3.63) is 35.4 Å². The Morgan fingerprint density at radius 1 is 1.17 bits per heavy atom. The lowest BCUT2D eigenvalue weighted by Gasteiger charge is -2.17.